The van der Waals surface area contributed by atoms with Crippen molar-refractivity contribution in [2.75, 3.05) is 0 Å². The van der Waals surface area contributed by atoms with Crippen molar-refractivity contribution in [2.24, 2.45) is 0 Å². The number of carboxylic acid groups (broad SMARTS) is 1. The lowest BCUT2D eigenvalue weighted by Gasteiger charge is -1.85. The van der Waals surface area contributed by atoms with E-state index in [0.29, 0.717) is 5.82 Å². The highest BCUT2D eigenvalue weighted by Gasteiger charge is 2.06. The Labute approximate surface area is 55.4 Å². The third-order valence-corrected chi connectivity index (χ3v) is 0.684. The van der Waals surface area contributed by atoms with E-state index in [1.54, 1.807) is 6.92 Å². The summed E-state index contributed by atoms with van der Waals surface area (Å²) in [5.74, 6) is 0.330. The first kappa shape index (κ1) is 6.53. The molecule has 10 heavy (non-hydrogen) atoms. The monoisotopic (exact) mass is 144 g/mol. The number of nitrogens with zero attached hydrogens (tertiary/aromatic N) is 2. The highest BCUT2D eigenvalue weighted by Crippen LogP contribution is 2.04. The normalized spacial score (nSPS) is 9.30. The number of rotatable bonds is 1. The van der Waals surface area contributed by atoms with Crippen molar-refractivity contribution in [3.63, 3.8) is 0 Å². The topological polar surface area (TPSA) is 85.5 Å². The van der Waals surface area contributed by atoms with Gasteiger partial charge in [0.05, 0.1) is 0 Å². The number of aryl methyl sites for hydroxylation is 1. The lowest BCUT2D eigenvalue weighted by atomic mass is 10.8. The van der Waals surface area contributed by atoms with Gasteiger partial charge in [0, 0.05) is 0 Å². The Bertz CT molecular complexity index is 243. The van der Waals surface area contributed by atoms with Gasteiger partial charge in [-0.2, -0.15) is 4.98 Å². The molecule has 0 aromatic carbocycles. The maximum atomic E-state index is 9.83. The molecule has 0 atom stereocenters. The quantitative estimate of drug-likeness (QED) is 0.575. The van der Waals surface area contributed by atoms with Gasteiger partial charge >= 0.3 is 12.2 Å². The second-order valence-electron chi connectivity index (χ2n) is 1.48. The molecule has 1 heterocycles. The van der Waals surface area contributed by atoms with Gasteiger partial charge in [-0.25, -0.2) is 4.79 Å². The van der Waals surface area contributed by atoms with Gasteiger partial charge in [-0.05, 0) is 6.92 Å². The first-order chi connectivity index (χ1) is 4.68. The minimum absolute atomic E-state index is 0.330. The molecular formula is C4H4N2O4. The summed E-state index contributed by atoms with van der Waals surface area (Å²) in [7, 11) is 0. The summed E-state index contributed by atoms with van der Waals surface area (Å²) in [6, 6.07) is 0. The van der Waals surface area contributed by atoms with E-state index in [9.17, 15) is 4.79 Å². The molecule has 6 heteroatoms. The van der Waals surface area contributed by atoms with Gasteiger partial charge in [0.15, 0.2) is 5.82 Å². The van der Waals surface area contributed by atoms with Crippen LogP contribution in [0.2, 0.25) is 0 Å². The van der Waals surface area contributed by atoms with Gasteiger partial charge < -0.3 is 9.84 Å². The Hall–Kier alpha value is -1.59. The summed E-state index contributed by atoms with van der Waals surface area (Å²) in [5, 5.41) is 11.3. The lowest BCUT2D eigenvalue weighted by Crippen LogP contribution is -2.02. The van der Waals surface area contributed by atoms with Crippen LogP contribution in [0.5, 0.6) is 6.08 Å². The van der Waals surface area contributed by atoms with E-state index < -0.39 is 6.16 Å². The van der Waals surface area contributed by atoms with Crippen LogP contribution in [-0.4, -0.2) is 21.4 Å². The maximum Gasteiger partial charge on any atom is 0.514 e. The van der Waals surface area contributed by atoms with E-state index in [-0.39, 0.29) is 6.08 Å². The standard InChI is InChI=1S/C4H4N2O4/c1-2-5-3(10-6-2)9-4(7)8/h1H3,(H,7,8). The van der Waals surface area contributed by atoms with Crippen LogP contribution in [0.3, 0.4) is 0 Å². The number of aromatic nitrogens is 2. The van der Waals surface area contributed by atoms with Crippen LogP contribution in [0.15, 0.2) is 4.52 Å². The molecule has 0 spiro atoms. The molecule has 1 aromatic heterocycles. The largest absolute Gasteiger partial charge is 0.514 e. The molecule has 1 N–H and O–H groups in total. The average Bonchev–Trinajstić information content (AvgIpc) is 2.13. The number of ether oxygens (including phenoxy) is 1. The molecule has 0 aliphatic rings. The number of hydrogen-bond acceptors (Lipinski definition) is 5. The Morgan fingerprint density at radius 1 is 1.80 bits per heavy atom. The zero-order valence-electron chi connectivity index (χ0n) is 5.07. The van der Waals surface area contributed by atoms with Crippen LogP contribution in [0.4, 0.5) is 4.79 Å². The molecule has 0 bridgehead atoms. The Kier molecular flexibility index (Phi) is 1.53. The van der Waals surface area contributed by atoms with Crippen molar-refractivity contribution in [1.29, 1.82) is 0 Å². The van der Waals surface area contributed by atoms with E-state index >= 15 is 0 Å². The maximum absolute atomic E-state index is 9.83. The lowest BCUT2D eigenvalue weighted by molar-refractivity contribution is 0.125. The Morgan fingerprint density at radius 3 is 2.90 bits per heavy atom. The molecule has 54 valence electrons. The van der Waals surface area contributed by atoms with Gasteiger partial charge in [0.1, 0.15) is 0 Å². The minimum atomic E-state index is -1.47. The molecule has 0 amide bonds. The predicted octanol–water partition coefficient (Wildman–Crippen LogP) is 0.435. The molecule has 0 aliphatic carbocycles. The fraction of sp³-hybridized carbons (Fsp3) is 0.250. The van der Waals surface area contributed by atoms with Gasteiger partial charge in [-0.3, -0.25) is 4.52 Å². The number of hydrogen-bond donors (Lipinski definition) is 1. The third-order valence-electron chi connectivity index (χ3n) is 0.684. The van der Waals surface area contributed by atoms with Crippen LogP contribution in [0.25, 0.3) is 0 Å². The third kappa shape index (κ3) is 1.44. The summed E-state index contributed by atoms with van der Waals surface area (Å²) in [6.45, 7) is 1.55. The predicted molar refractivity (Wildman–Crippen MR) is 27.7 cm³/mol. The van der Waals surface area contributed by atoms with Crippen LogP contribution < -0.4 is 4.74 Å². The summed E-state index contributed by atoms with van der Waals surface area (Å²) in [6.07, 6.45) is -1.83. The van der Waals surface area contributed by atoms with Crippen LogP contribution in [-0.2, 0) is 0 Å². The summed E-state index contributed by atoms with van der Waals surface area (Å²) >= 11 is 0. The second kappa shape index (κ2) is 2.34. The van der Waals surface area contributed by atoms with E-state index in [0.717, 1.165) is 0 Å². The van der Waals surface area contributed by atoms with E-state index in [2.05, 4.69) is 19.4 Å². The van der Waals surface area contributed by atoms with Crippen molar-refractivity contribution in [1.82, 2.24) is 10.1 Å². The molecule has 0 unspecified atom stereocenters. The van der Waals surface area contributed by atoms with E-state index in [4.69, 9.17) is 5.11 Å². The smallest absolute Gasteiger partial charge is 0.449 e. The molecule has 0 saturated heterocycles. The minimum Gasteiger partial charge on any atom is -0.449 e. The second-order valence-corrected chi connectivity index (χ2v) is 1.48. The first-order valence-electron chi connectivity index (χ1n) is 2.39. The van der Waals surface area contributed by atoms with E-state index in [1.807, 2.05) is 0 Å². The van der Waals surface area contributed by atoms with Crippen molar-refractivity contribution in [2.45, 2.75) is 6.92 Å². The van der Waals surface area contributed by atoms with Gasteiger partial charge in [0.25, 0.3) is 0 Å². The van der Waals surface area contributed by atoms with Crippen LogP contribution in [0.1, 0.15) is 5.82 Å². The SMILES string of the molecule is Cc1noc(OC(=O)O)n1. The highest BCUT2D eigenvalue weighted by molar-refractivity contribution is 5.59. The molecule has 1 rings (SSSR count). The van der Waals surface area contributed by atoms with Crippen molar-refractivity contribution in [3.05, 3.63) is 5.82 Å². The first-order valence-corrected chi connectivity index (χ1v) is 2.39. The zero-order valence-corrected chi connectivity index (χ0v) is 5.07. The van der Waals surface area contributed by atoms with Crippen molar-refractivity contribution in [3.8, 4) is 6.08 Å². The van der Waals surface area contributed by atoms with Crippen LogP contribution >= 0.6 is 0 Å². The summed E-state index contributed by atoms with van der Waals surface area (Å²) < 4.78 is 8.32. The van der Waals surface area contributed by atoms with Crippen molar-refractivity contribution < 1.29 is 19.2 Å². The number of carbonyl (C=O) groups is 1. The highest BCUT2D eigenvalue weighted by atomic mass is 16.7. The molecule has 1 aromatic rings. The fourth-order valence-electron chi connectivity index (χ4n) is 0.394. The fourth-order valence-corrected chi connectivity index (χ4v) is 0.394. The van der Waals surface area contributed by atoms with Crippen molar-refractivity contribution >= 4 is 6.16 Å². The van der Waals surface area contributed by atoms with Gasteiger partial charge in [0.2, 0.25) is 0 Å². The molecule has 0 radical (unpaired) electrons. The molecule has 0 aliphatic heterocycles. The molecule has 6 nitrogen and oxygen atoms in total. The Morgan fingerprint density at radius 2 is 2.50 bits per heavy atom. The molecule has 0 fully saturated rings. The van der Waals surface area contributed by atoms with Gasteiger partial charge in [-0.15, -0.1) is 0 Å². The zero-order chi connectivity index (χ0) is 7.56. The molecular weight excluding hydrogens is 140 g/mol. The average molecular weight is 144 g/mol. The van der Waals surface area contributed by atoms with E-state index in [1.165, 1.54) is 0 Å². The Balaban J connectivity index is 2.67. The van der Waals surface area contributed by atoms with Crippen LogP contribution in [0, 0.1) is 6.92 Å². The van der Waals surface area contributed by atoms with Gasteiger partial charge in [-0.1, -0.05) is 5.16 Å². The molecule has 0 saturated carbocycles. The summed E-state index contributed by atoms with van der Waals surface area (Å²) in [4.78, 5) is 13.3. The summed E-state index contributed by atoms with van der Waals surface area (Å²) in [5.41, 5.74) is 0.